The third kappa shape index (κ3) is 5.44. The molecule has 0 aliphatic carbocycles. The standard InChI is InChI=1S/C30H48N2O6/c1-9-11-12-13-19-37-26(36)22-21-24(34)31(17-18-33)23(30(21)15-14-29(22,8)38-30)25(35)32(16-10-2)28(6,7)20-27(3,4)5/h9-10,21-23,33H,1-2,11-20H2,3-8H3/t21-,22-,23?,29+,30?/m0/s1. The molecule has 0 aromatic carbocycles. The number of aliphatic hydroxyl groups excluding tert-OH is 1. The van der Waals surface area contributed by atoms with Gasteiger partial charge in [-0.25, -0.2) is 0 Å². The zero-order valence-electron chi connectivity index (χ0n) is 24.3. The lowest BCUT2D eigenvalue weighted by Gasteiger charge is -2.45. The topological polar surface area (TPSA) is 96.4 Å². The first-order chi connectivity index (χ1) is 17.7. The van der Waals surface area contributed by atoms with Crippen molar-refractivity contribution in [1.29, 1.82) is 0 Å². The van der Waals surface area contributed by atoms with E-state index in [1.54, 1.807) is 11.0 Å². The van der Waals surface area contributed by atoms with Crippen LogP contribution in [-0.2, 0) is 23.9 Å². The summed E-state index contributed by atoms with van der Waals surface area (Å²) in [7, 11) is 0. The zero-order valence-corrected chi connectivity index (χ0v) is 24.3. The summed E-state index contributed by atoms with van der Waals surface area (Å²) < 4.78 is 12.3. The van der Waals surface area contributed by atoms with Gasteiger partial charge in [0.2, 0.25) is 11.8 Å². The number of carbonyl (C=O) groups is 3. The van der Waals surface area contributed by atoms with Crippen LogP contribution in [0.1, 0.15) is 80.1 Å². The number of fused-ring (bicyclic) bond motifs is 1. The third-order valence-corrected chi connectivity index (χ3v) is 8.42. The Labute approximate surface area is 228 Å². The number of allylic oxidation sites excluding steroid dienone is 1. The Bertz CT molecular complexity index is 940. The fourth-order valence-electron chi connectivity index (χ4n) is 7.37. The van der Waals surface area contributed by atoms with Crippen molar-refractivity contribution >= 4 is 17.8 Å². The summed E-state index contributed by atoms with van der Waals surface area (Å²) in [6.45, 7) is 20.2. The van der Waals surface area contributed by atoms with Crippen molar-refractivity contribution in [1.82, 2.24) is 9.80 Å². The highest BCUT2D eigenvalue weighted by atomic mass is 16.6. The first-order valence-corrected chi connectivity index (χ1v) is 14.0. The maximum absolute atomic E-state index is 14.5. The van der Waals surface area contributed by atoms with E-state index in [0.717, 1.165) is 19.3 Å². The molecule has 38 heavy (non-hydrogen) atoms. The first-order valence-electron chi connectivity index (χ1n) is 14.0. The predicted octanol–water partition coefficient (Wildman–Crippen LogP) is 3.87. The van der Waals surface area contributed by atoms with Crippen LogP contribution in [0.3, 0.4) is 0 Å². The normalized spacial score (nSPS) is 30.3. The quantitative estimate of drug-likeness (QED) is 0.220. The van der Waals surface area contributed by atoms with Crippen molar-refractivity contribution in [3.05, 3.63) is 25.3 Å². The number of hydrogen-bond acceptors (Lipinski definition) is 6. The molecule has 0 aromatic rings. The predicted molar refractivity (Wildman–Crippen MR) is 146 cm³/mol. The van der Waals surface area contributed by atoms with Gasteiger partial charge in [-0.3, -0.25) is 14.4 Å². The molecular formula is C30H48N2O6. The second-order valence-electron chi connectivity index (χ2n) is 13.2. The minimum Gasteiger partial charge on any atom is -0.465 e. The highest BCUT2D eigenvalue weighted by molar-refractivity contribution is 5.98. The Hall–Kier alpha value is -2.19. The number of unbranched alkanes of at least 4 members (excludes halogenated alkanes) is 2. The number of ether oxygens (including phenoxy) is 2. The van der Waals surface area contributed by atoms with Crippen LogP contribution in [0.5, 0.6) is 0 Å². The number of hydrogen-bond donors (Lipinski definition) is 1. The lowest BCUT2D eigenvalue weighted by molar-refractivity contribution is -0.161. The maximum atomic E-state index is 14.5. The Kier molecular flexibility index (Phi) is 8.89. The summed E-state index contributed by atoms with van der Waals surface area (Å²) >= 11 is 0. The van der Waals surface area contributed by atoms with E-state index >= 15 is 0 Å². The summed E-state index contributed by atoms with van der Waals surface area (Å²) in [5, 5.41) is 9.87. The van der Waals surface area contributed by atoms with Crippen molar-refractivity contribution in [2.45, 2.75) is 103 Å². The molecule has 2 unspecified atom stereocenters. The molecular weight excluding hydrogens is 484 g/mol. The van der Waals surface area contributed by atoms with E-state index in [2.05, 4.69) is 33.9 Å². The summed E-state index contributed by atoms with van der Waals surface area (Å²) in [5.41, 5.74) is -2.60. The molecule has 214 valence electrons. The SMILES string of the molecule is C=CCCCCOC(=O)[C@@H]1[C@H]2C(=O)N(CCO)C(C(=O)N(CC=C)C(C)(C)CC(C)(C)C)C23CC[C@@]1(C)O3. The Morgan fingerprint density at radius 1 is 1.18 bits per heavy atom. The van der Waals surface area contributed by atoms with E-state index in [4.69, 9.17) is 9.47 Å². The highest BCUT2D eigenvalue weighted by Gasteiger charge is 2.78. The number of rotatable bonds is 13. The minimum absolute atomic E-state index is 0.00147. The lowest BCUT2D eigenvalue weighted by Crippen LogP contribution is -2.61. The molecule has 3 aliphatic rings. The number of amides is 2. The number of aliphatic hydroxyl groups is 1. The van der Waals surface area contributed by atoms with Crippen LogP contribution in [0.4, 0.5) is 0 Å². The van der Waals surface area contributed by atoms with Gasteiger partial charge in [-0.1, -0.05) is 32.9 Å². The van der Waals surface area contributed by atoms with Gasteiger partial charge in [-0.15, -0.1) is 13.2 Å². The van der Waals surface area contributed by atoms with E-state index in [9.17, 15) is 19.5 Å². The molecule has 1 spiro atoms. The average molecular weight is 533 g/mol. The number of esters is 1. The number of carbonyl (C=O) groups excluding carboxylic acids is 3. The second-order valence-corrected chi connectivity index (χ2v) is 13.2. The van der Waals surface area contributed by atoms with Crippen LogP contribution in [0.15, 0.2) is 25.3 Å². The molecule has 3 fully saturated rings. The van der Waals surface area contributed by atoms with Crippen LogP contribution in [0.25, 0.3) is 0 Å². The van der Waals surface area contributed by atoms with Crippen molar-refractivity contribution in [3.8, 4) is 0 Å². The van der Waals surface area contributed by atoms with Crippen LogP contribution in [0, 0.1) is 17.3 Å². The van der Waals surface area contributed by atoms with Gasteiger partial charge in [0.1, 0.15) is 17.6 Å². The molecule has 0 aromatic heterocycles. The van der Waals surface area contributed by atoms with Crippen molar-refractivity contribution in [3.63, 3.8) is 0 Å². The molecule has 3 rings (SSSR count). The molecule has 0 radical (unpaired) electrons. The fraction of sp³-hybridized carbons (Fsp3) is 0.767. The molecule has 3 aliphatic heterocycles. The van der Waals surface area contributed by atoms with E-state index < -0.39 is 40.6 Å². The molecule has 8 nitrogen and oxygen atoms in total. The molecule has 3 heterocycles. The summed E-state index contributed by atoms with van der Waals surface area (Å²) in [6.07, 6.45) is 7.73. The second kappa shape index (κ2) is 11.1. The van der Waals surface area contributed by atoms with E-state index in [1.807, 2.05) is 26.8 Å². The fourth-order valence-corrected chi connectivity index (χ4v) is 7.37. The van der Waals surface area contributed by atoms with Gasteiger partial charge in [0, 0.05) is 18.6 Å². The first kappa shape index (κ1) is 30.4. The number of β-amino-alcohol motifs (C(OH)–C–C–N with tert-alkyl or cyclic N) is 1. The van der Waals surface area contributed by atoms with E-state index in [-0.39, 0.29) is 37.0 Å². The maximum Gasteiger partial charge on any atom is 0.312 e. The third-order valence-electron chi connectivity index (χ3n) is 8.42. The van der Waals surface area contributed by atoms with E-state index in [1.165, 1.54) is 4.90 Å². The van der Waals surface area contributed by atoms with Gasteiger partial charge >= 0.3 is 5.97 Å². The van der Waals surface area contributed by atoms with Crippen LogP contribution in [0.2, 0.25) is 0 Å². The molecule has 5 atom stereocenters. The monoisotopic (exact) mass is 532 g/mol. The Morgan fingerprint density at radius 3 is 2.45 bits per heavy atom. The smallest absolute Gasteiger partial charge is 0.312 e. The average Bonchev–Trinajstić information content (AvgIpc) is 3.36. The van der Waals surface area contributed by atoms with Gasteiger partial charge < -0.3 is 24.4 Å². The Balaban J connectivity index is 1.97. The van der Waals surface area contributed by atoms with Crippen molar-refractivity contribution < 1.29 is 29.0 Å². The van der Waals surface area contributed by atoms with Crippen LogP contribution < -0.4 is 0 Å². The van der Waals surface area contributed by atoms with Gasteiger partial charge in [0.05, 0.1) is 24.7 Å². The molecule has 8 heteroatoms. The van der Waals surface area contributed by atoms with Gasteiger partial charge in [0.25, 0.3) is 0 Å². The van der Waals surface area contributed by atoms with Gasteiger partial charge in [0.15, 0.2) is 0 Å². The summed E-state index contributed by atoms with van der Waals surface area (Å²) in [6, 6.07) is -0.932. The summed E-state index contributed by atoms with van der Waals surface area (Å²) in [4.78, 5) is 45.0. The lowest BCUT2D eigenvalue weighted by atomic mass is 9.66. The minimum atomic E-state index is -1.14. The van der Waals surface area contributed by atoms with Gasteiger partial charge in [-0.2, -0.15) is 0 Å². The Morgan fingerprint density at radius 2 is 1.87 bits per heavy atom. The van der Waals surface area contributed by atoms with Crippen LogP contribution >= 0.6 is 0 Å². The summed E-state index contributed by atoms with van der Waals surface area (Å²) in [5.74, 6) is -2.61. The van der Waals surface area contributed by atoms with Crippen LogP contribution in [-0.4, -0.2) is 81.8 Å². The number of nitrogens with zero attached hydrogens (tertiary/aromatic N) is 2. The van der Waals surface area contributed by atoms with Gasteiger partial charge in [-0.05, 0) is 64.7 Å². The van der Waals surface area contributed by atoms with Crippen molar-refractivity contribution in [2.24, 2.45) is 17.3 Å². The highest BCUT2D eigenvalue weighted by Crippen LogP contribution is 2.63. The number of likely N-dealkylation sites (tertiary alicyclic amines) is 1. The molecule has 1 N–H and O–H groups in total. The zero-order chi connectivity index (χ0) is 28.5. The molecule has 2 bridgehead atoms. The molecule has 2 amide bonds. The molecule has 3 saturated heterocycles. The van der Waals surface area contributed by atoms with Crippen molar-refractivity contribution in [2.75, 3.05) is 26.3 Å². The molecule has 0 saturated carbocycles. The largest absolute Gasteiger partial charge is 0.465 e. The van der Waals surface area contributed by atoms with E-state index in [0.29, 0.717) is 25.8 Å².